The first kappa shape index (κ1) is 10.2. The van der Waals surface area contributed by atoms with Crippen molar-refractivity contribution in [2.75, 3.05) is 11.9 Å². The highest BCUT2D eigenvalue weighted by Crippen LogP contribution is 2.26. The summed E-state index contributed by atoms with van der Waals surface area (Å²) in [6.45, 7) is 2.80. The quantitative estimate of drug-likeness (QED) is 0.845. The number of nitrogens with zero attached hydrogens (tertiary/aromatic N) is 1. The number of hydrogen-bond acceptors (Lipinski definition) is 2. The van der Waals surface area contributed by atoms with E-state index in [0.717, 1.165) is 17.6 Å². The monoisotopic (exact) mass is 224 g/mol. The van der Waals surface area contributed by atoms with Gasteiger partial charge in [0.2, 0.25) is 0 Å². The van der Waals surface area contributed by atoms with Gasteiger partial charge in [0, 0.05) is 29.9 Å². The van der Waals surface area contributed by atoms with Gasteiger partial charge >= 0.3 is 0 Å². The molecular weight excluding hydrogens is 215 g/mol. The lowest BCUT2D eigenvalue weighted by Crippen LogP contribution is -1.98. The van der Waals surface area contributed by atoms with Crippen LogP contribution in [0.15, 0.2) is 24.4 Å². The predicted octanol–water partition coefficient (Wildman–Crippen LogP) is 3.46. The van der Waals surface area contributed by atoms with Crippen LogP contribution in [0, 0.1) is 5.82 Å². The first-order valence-corrected chi connectivity index (χ1v) is 5.08. The molecule has 15 heavy (non-hydrogen) atoms. The van der Waals surface area contributed by atoms with E-state index in [9.17, 15) is 4.39 Å². The van der Waals surface area contributed by atoms with Crippen LogP contribution in [-0.2, 0) is 0 Å². The van der Waals surface area contributed by atoms with E-state index in [4.69, 9.17) is 11.6 Å². The molecule has 0 aliphatic carbocycles. The van der Waals surface area contributed by atoms with Crippen molar-refractivity contribution >= 4 is 28.2 Å². The smallest absolute Gasteiger partial charge is 0.143 e. The summed E-state index contributed by atoms with van der Waals surface area (Å²) in [5.41, 5.74) is 1.53. The van der Waals surface area contributed by atoms with Crippen LogP contribution < -0.4 is 5.32 Å². The van der Waals surface area contributed by atoms with Crippen LogP contribution in [0.1, 0.15) is 6.92 Å². The minimum absolute atomic E-state index is 0.120. The third-order valence-electron chi connectivity index (χ3n) is 2.15. The summed E-state index contributed by atoms with van der Waals surface area (Å²) in [6, 6.07) is 4.79. The van der Waals surface area contributed by atoms with Gasteiger partial charge in [-0.15, -0.1) is 0 Å². The minimum Gasteiger partial charge on any atom is -0.385 e. The Morgan fingerprint density at radius 3 is 3.00 bits per heavy atom. The van der Waals surface area contributed by atoms with Crippen LogP contribution in [-0.4, -0.2) is 11.5 Å². The summed E-state index contributed by atoms with van der Waals surface area (Å²) in [5, 5.41) is 4.13. The van der Waals surface area contributed by atoms with Crippen molar-refractivity contribution in [1.29, 1.82) is 0 Å². The molecule has 0 atom stereocenters. The Balaban J connectivity index is 2.68. The van der Waals surface area contributed by atoms with E-state index in [2.05, 4.69) is 10.3 Å². The van der Waals surface area contributed by atoms with E-state index in [0.29, 0.717) is 5.52 Å². The molecule has 0 aliphatic rings. The summed E-state index contributed by atoms with van der Waals surface area (Å²) < 4.78 is 13.2. The maximum Gasteiger partial charge on any atom is 0.143 e. The second-order valence-corrected chi connectivity index (χ2v) is 3.58. The lowest BCUT2D eigenvalue weighted by molar-refractivity contribution is 0.630. The van der Waals surface area contributed by atoms with Gasteiger partial charge in [-0.2, -0.15) is 0 Å². The van der Waals surface area contributed by atoms with Crippen molar-refractivity contribution in [3.05, 3.63) is 35.2 Å². The van der Waals surface area contributed by atoms with E-state index < -0.39 is 5.82 Å². The number of nitrogens with one attached hydrogen (secondary N) is 1. The number of halogens is 2. The summed E-state index contributed by atoms with van der Waals surface area (Å²) in [4.78, 5) is 4.09. The van der Waals surface area contributed by atoms with Crippen LogP contribution >= 0.6 is 11.6 Å². The van der Waals surface area contributed by atoms with Gasteiger partial charge in [-0.3, -0.25) is 4.98 Å². The SMILES string of the molecule is CCNc1ccnc2cc(F)c(Cl)cc12. The molecule has 0 bridgehead atoms. The van der Waals surface area contributed by atoms with E-state index >= 15 is 0 Å². The van der Waals surface area contributed by atoms with Gasteiger partial charge in [-0.05, 0) is 19.1 Å². The largest absolute Gasteiger partial charge is 0.385 e. The molecule has 1 aromatic carbocycles. The maximum absolute atomic E-state index is 13.2. The van der Waals surface area contributed by atoms with E-state index in [1.54, 1.807) is 12.3 Å². The first-order chi connectivity index (χ1) is 7.22. The third-order valence-corrected chi connectivity index (χ3v) is 2.44. The van der Waals surface area contributed by atoms with Crippen molar-refractivity contribution in [1.82, 2.24) is 4.98 Å². The summed E-state index contributed by atoms with van der Waals surface area (Å²) in [6.07, 6.45) is 1.65. The van der Waals surface area contributed by atoms with E-state index in [-0.39, 0.29) is 5.02 Å². The minimum atomic E-state index is -0.440. The van der Waals surface area contributed by atoms with Crippen LogP contribution in [0.2, 0.25) is 5.02 Å². The van der Waals surface area contributed by atoms with Crippen LogP contribution in [0.4, 0.5) is 10.1 Å². The van der Waals surface area contributed by atoms with Crippen molar-refractivity contribution in [2.45, 2.75) is 6.92 Å². The molecule has 4 heteroatoms. The van der Waals surface area contributed by atoms with E-state index in [1.807, 2.05) is 13.0 Å². The number of rotatable bonds is 2. The number of benzene rings is 1. The average Bonchev–Trinajstić information content (AvgIpc) is 2.21. The molecule has 0 fully saturated rings. The van der Waals surface area contributed by atoms with Gasteiger partial charge in [-0.1, -0.05) is 11.6 Å². The maximum atomic E-state index is 13.2. The number of aromatic nitrogens is 1. The van der Waals surface area contributed by atoms with Crippen LogP contribution in [0.5, 0.6) is 0 Å². The highest BCUT2D eigenvalue weighted by Gasteiger charge is 2.06. The Hall–Kier alpha value is -1.35. The molecule has 0 aliphatic heterocycles. The van der Waals surface area contributed by atoms with Gasteiger partial charge in [0.05, 0.1) is 10.5 Å². The normalized spacial score (nSPS) is 10.6. The van der Waals surface area contributed by atoms with Crippen LogP contribution in [0.25, 0.3) is 10.9 Å². The topological polar surface area (TPSA) is 24.9 Å². The fourth-order valence-electron chi connectivity index (χ4n) is 1.49. The molecule has 0 radical (unpaired) electrons. The zero-order valence-corrected chi connectivity index (χ0v) is 8.98. The van der Waals surface area contributed by atoms with Crippen LogP contribution in [0.3, 0.4) is 0 Å². The number of fused-ring (bicyclic) bond motifs is 1. The van der Waals surface area contributed by atoms with Crippen molar-refractivity contribution < 1.29 is 4.39 Å². The fraction of sp³-hybridized carbons (Fsp3) is 0.182. The molecule has 78 valence electrons. The summed E-state index contributed by atoms with van der Waals surface area (Å²) in [5.74, 6) is -0.440. The zero-order valence-electron chi connectivity index (χ0n) is 8.22. The standard InChI is InChI=1S/C11H10ClFN2/c1-2-14-10-3-4-15-11-6-9(13)8(12)5-7(10)11/h3-6H,2H2,1H3,(H,14,15). The Bertz CT molecular complexity index is 499. The fourth-order valence-corrected chi connectivity index (χ4v) is 1.65. The molecule has 0 saturated heterocycles. The van der Waals surface area contributed by atoms with Crippen molar-refractivity contribution in [2.24, 2.45) is 0 Å². The Morgan fingerprint density at radius 1 is 1.47 bits per heavy atom. The summed E-state index contributed by atoms with van der Waals surface area (Å²) >= 11 is 5.73. The zero-order chi connectivity index (χ0) is 10.8. The molecule has 0 unspecified atom stereocenters. The lowest BCUT2D eigenvalue weighted by atomic mass is 10.2. The molecular formula is C11H10ClFN2. The molecule has 0 amide bonds. The molecule has 0 spiro atoms. The second kappa shape index (κ2) is 4.03. The Morgan fingerprint density at radius 2 is 2.27 bits per heavy atom. The second-order valence-electron chi connectivity index (χ2n) is 3.17. The van der Waals surface area contributed by atoms with Gasteiger partial charge < -0.3 is 5.32 Å². The predicted molar refractivity (Wildman–Crippen MR) is 60.9 cm³/mol. The molecule has 1 aromatic heterocycles. The molecule has 1 heterocycles. The van der Waals surface area contributed by atoms with Gasteiger partial charge in [0.15, 0.2) is 0 Å². The highest BCUT2D eigenvalue weighted by atomic mass is 35.5. The Kier molecular flexibility index (Phi) is 2.73. The lowest BCUT2D eigenvalue weighted by Gasteiger charge is -2.07. The number of anilines is 1. The highest BCUT2D eigenvalue weighted by molar-refractivity contribution is 6.31. The van der Waals surface area contributed by atoms with Gasteiger partial charge in [0.1, 0.15) is 5.82 Å². The third kappa shape index (κ3) is 1.88. The molecule has 2 nitrogen and oxygen atoms in total. The number of hydrogen-bond donors (Lipinski definition) is 1. The summed E-state index contributed by atoms with van der Waals surface area (Å²) in [7, 11) is 0. The molecule has 1 N–H and O–H groups in total. The molecule has 2 aromatic rings. The number of pyridine rings is 1. The van der Waals surface area contributed by atoms with Crippen molar-refractivity contribution in [3.63, 3.8) is 0 Å². The molecule has 0 saturated carbocycles. The Labute approximate surface area is 92.1 Å². The van der Waals surface area contributed by atoms with Gasteiger partial charge in [0.25, 0.3) is 0 Å². The first-order valence-electron chi connectivity index (χ1n) is 4.70. The van der Waals surface area contributed by atoms with E-state index in [1.165, 1.54) is 6.07 Å². The average molecular weight is 225 g/mol. The molecule has 2 rings (SSSR count). The van der Waals surface area contributed by atoms with Gasteiger partial charge in [-0.25, -0.2) is 4.39 Å². The van der Waals surface area contributed by atoms with Crippen molar-refractivity contribution in [3.8, 4) is 0 Å².